The van der Waals surface area contributed by atoms with Crippen LogP contribution in [0.1, 0.15) is 73.8 Å². The molecule has 0 heterocycles. The van der Waals surface area contributed by atoms with Crippen LogP contribution >= 0.6 is 0 Å². The van der Waals surface area contributed by atoms with E-state index in [0.717, 1.165) is 29.4 Å². The Kier molecular flexibility index (Phi) is 7.15. The Balaban J connectivity index is 0.985. The Labute approximate surface area is 338 Å². The van der Waals surface area contributed by atoms with Gasteiger partial charge in [0.15, 0.2) is 0 Å². The van der Waals surface area contributed by atoms with E-state index in [4.69, 9.17) is 0 Å². The molecule has 0 radical (unpaired) electrons. The molecule has 0 saturated heterocycles. The van der Waals surface area contributed by atoms with Crippen LogP contribution in [0.5, 0.6) is 0 Å². The molecule has 57 heavy (non-hydrogen) atoms. The van der Waals surface area contributed by atoms with Gasteiger partial charge < -0.3 is 4.90 Å². The van der Waals surface area contributed by atoms with Gasteiger partial charge in [-0.3, -0.25) is 0 Å². The second-order valence-corrected chi connectivity index (χ2v) is 18.6. The first-order chi connectivity index (χ1) is 27.9. The lowest BCUT2D eigenvalue weighted by molar-refractivity contribution is -0.0399. The fraction of sp³-hybridized carbons (Fsp3) is 0.250. The van der Waals surface area contributed by atoms with E-state index in [0.29, 0.717) is 0 Å². The Morgan fingerprint density at radius 3 is 1.77 bits per heavy atom. The second-order valence-electron chi connectivity index (χ2n) is 18.6. The molecule has 278 valence electrons. The quantitative estimate of drug-likeness (QED) is 0.170. The van der Waals surface area contributed by atoms with E-state index in [2.05, 4.69) is 183 Å². The largest absolute Gasteiger partial charge is 0.310 e. The maximum atomic E-state index is 2.56. The smallest absolute Gasteiger partial charge is 0.0543 e. The second kappa shape index (κ2) is 12.2. The minimum atomic E-state index is -0.0774. The molecule has 4 saturated carbocycles. The van der Waals surface area contributed by atoms with Crippen molar-refractivity contribution in [2.24, 2.45) is 23.7 Å². The first-order valence-electron chi connectivity index (χ1n) is 21.4. The summed E-state index contributed by atoms with van der Waals surface area (Å²) in [6.07, 6.45) is 7.16. The van der Waals surface area contributed by atoms with E-state index < -0.39 is 0 Å². The summed E-state index contributed by atoms with van der Waals surface area (Å²) in [5, 5.41) is 0. The highest BCUT2D eigenvalue weighted by molar-refractivity contribution is 5.95. The van der Waals surface area contributed by atoms with Gasteiger partial charge in [-0.15, -0.1) is 0 Å². The average molecular weight is 736 g/mol. The van der Waals surface area contributed by atoms with Crippen molar-refractivity contribution in [1.82, 2.24) is 0 Å². The molecule has 4 bridgehead atoms. The van der Waals surface area contributed by atoms with Gasteiger partial charge in [0.05, 0.1) is 5.69 Å². The predicted molar refractivity (Wildman–Crippen MR) is 238 cm³/mol. The summed E-state index contributed by atoms with van der Waals surface area (Å²) >= 11 is 0. The first-order valence-corrected chi connectivity index (χ1v) is 21.4. The van der Waals surface area contributed by atoms with Crippen molar-refractivity contribution in [2.45, 2.75) is 63.7 Å². The predicted octanol–water partition coefficient (Wildman–Crippen LogP) is 14.8. The third-order valence-corrected chi connectivity index (χ3v) is 15.4. The maximum absolute atomic E-state index is 2.56. The van der Waals surface area contributed by atoms with Gasteiger partial charge in [0.2, 0.25) is 0 Å². The molecule has 0 amide bonds. The van der Waals surface area contributed by atoms with Crippen molar-refractivity contribution < 1.29 is 0 Å². The van der Waals surface area contributed by atoms with Gasteiger partial charge in [-0.25, -0.2) is 0 Å². The van der Waals surface area contributed by atoms with E-state index in [1.165, 1.54) is 105 Å². The maximum Gasteiger partial charge on any atom is 0.0543 e. The normalized spacial score (nSPS) is 23.9. The van der Waals surface area contributed by atoms with Crippen LogP contribution in [-0.4, -0.2) is 0 Å². The highest BCUT2D eigenvalue weighted by Crippen LogP contribution is 2.69. The molecule has 0 N–H and O–H groups in total. The van der Waals surface area contributed by atoms with Crippen molar-refractivity contribution in [3.05, 3.63) is 186 Å². The summed E-state index contributed by atoms with van der Waals surface area (Å²) in [5.41, 5.74) is 21.8. The van der Waals surface area contributed by atoms with E-state index in [-0.39, 0.29) is 10.8 Å². The van der Waals surface area contributed by atoms with Gasteiger partial charge in [0.1, 0.15) is 0 Å². The molecule has 0 aromatic heterocycles. The SMILES string of the molecule is Cc1cc(N(c2ccc(-c3ccccc3)cc2)c2cccc3c2-c2ccccc2C3(C)C)ccc1-c1ccc2c(c1)-c1ccccc1C21C2CC3CC(C2)CC1C3. The molecule has 4 fully saturated rings. The molecule has 13 rings (SSSR count). The molecule has 1 spiro atoms. The van der Waals surface area contributed by atoms with Crippen LogP contribution in [0.4, 0.5) is 17.1 Å². The monoisotopic (exact) mass is 735 g/mol. The lowest BCUT2D eigenvalue weighted by Gasteiger charge is -2.61. The molecular formula is C56H49N. The highest BCUT2D eigenvalue weighted by atomic mass is 15.1. The number of benzene rings is 7. The Morgan fingerprint density at radius 2 is 1.04 bits per heavy atom. The lowest BCUT2D eigenvalue weighted by atomic mass is 9.43. The van der Waals surface area contributed by atoms with Crippen LogP contribution in [0.2, 0.25) is 0 Å². The third kappa shape index (κ3) is 4.69. The number of nitrogens with zero attached hydrogens (tertiary/aromatic N) is 1. The van der Waals surface area contributed by atoms with E-state index in [9.17, 15) is 0 Å². The van der Waals surface area contributed by atoms with Crippen molar-refractivity contribution in [2.75, 3.05) is 4.90 Å². The zero-order valence-corrected chi connectivity index (χ0v) is 33.3. The Bertz CT molecular complexity index is 2700. The summed E-state index contributed by atoms with van der Waals surface area (Å²) in [4.78, 5) is 2.50. The number of fused-ring (bicyclic) bond motifs is 6. The summed E-state index contributed by atoms with van der Waals surface area (Å²) in [6.45, 7) is 7.06. The van der Waals surface area contributed by atoms with Crippen LogP contribution in [-0.2, 0) is 10.8 Å². The van der Waals surface area contributed by atoms with Crippen molar-refractivity contribution in [1.29, 1.82) is 0 Å². The van der Waals surface area contributed by atoms with Gasteiger partial charge in [-0.1, -0.05) is 135 Å². The van der Waals surface area contributed by atoms with Crippen LogP contribution in [0, 0.1) is 30.6 Å². The van der Waals surface area contributed by atoms with Crippen molar-refractivity contribution >= 4 is 17.1 Å². The molecule has 6 aliphatic carbocycles. The molecule has 7 aromatic rings. The summed E-state index contributed by atoms with van der Waals surface area (Å²) < 4.78 is 0. The van der Waals surface area contributed by atoms with Crippen molar-refractivity contribution in [3.8, 4) is 44.5 Å². The van der Waals surface area contributed by atoms with Crippen molar-refractivity contribution in [3.63, 3.8) is 0 Å². The van der Waals surface area contributed by atoms with Crippen LogP contribution in [0.15, 0.2) is 158 Å². The fourth-order valence-electron chi connectivity index (χ4n) is 13.2. The zero-order chi connectivity index (χ0) is 38.0. The standard InChI is InChI=1S/C56H49N/c1-35-28-44(25-26-45(35)40-22-27-51-48(34-40)46-14-7-10-17-50(46)56(51)41-30-36-29-37(32-41)33-42(56)31-36)57(43-23-20-39(21-24-43)38-12-5-4-6-13-38)53-19-11-18-52-54(53)47-15-8-9-16-49(47)55(52,2)3/h4-28,34,36-37,41-42H,29-33H2,1-3H3. The van der Waals surface area contributed by atoms with Gasteiger partial charge in [0, 0.05) is 27.8 Å². The van der Waals surface area contributed by atoms with Gasteiger partial charge in [-0.05, 0) is 166 Å². The molecule has 0 unspecified atom stereocenters. The Hall–Kier alpha value is -5.66. The average Bonchev–Trinajstić information content (AvgIpc) is 3.66. The van der Waals surface area contributed by atoms with Crippen LogP contribution in [0.25, 0.3) is 44.5 Å². The minimum absolute atomic E-state index is 0.0774. The summed E-state index contributed by atoms with van der Waals surface area (Å²) in [6, 6.07) is 60.0. The lowest BCUT2D eigenvalue weighted by Crippen LogP contribution is -2.55. The van der Waals surface area contributed by atoms with Gasteiger partial charge in [0.25, 0.3) is 0 Å². The number of rotatable bonds is 5. The molecule has 1 nitrogen and oxygen atoms in total. The number of hydrogen-bond acceptors (Lipinski definition) is 1. The summed E-state index contributed by atoms with van der Waals surface area (Å²) in [5.74, 6) is 3.48. The van der Waals surface area contributed by atoms with Gasteiger partial charge in [-0.2, -0.15) is 0 Å². The molecule has 1 heteroatoms. The number of anilines is 3. The fourth-order valence-corrected chi connectivity index (χ4v) is 13.2. The van der Waals surface area contributed by atoms with E-state index in [1.807, 2.05) is 0 Å². The highest BCUT2D eigenvalue weighted by Gasteiger charge is 2.61. The molecule has 0 aliphatic heterocycles. The Morgan fingerprint density at radius 1 is 0.439 bits per heavy atom. The van der Waals surface area contributed by atoms with E-state index >= 15 is 0 Å². The van der Waals surface area contributed by atoms with Gasteiger partial charge >= 0.3 is 0 Å². The molecule has 6 aliphatic rings. The minimum Gasteiger partial charge on any atom is -0.310 e. The molecule has 0 atom stereocenters. The number of aryl methyl sites for hydroxylation is 1. The van der Waals surface area contributed by atoms with E-state index in [1.54, 1.807) is 11.1 Å². The van der Waals surface area contributed by atoms with Crippen LogP contribution in [0.3, 0.4) is 0 Å². The molecular weight excluding hydrogens is 687 g/mol. The zero-order valence-electron chi connectivity index (χ0n) is 33.3. The number of hydrogen-bond donors (Lipinski definition) is 0. The first kappa shape index (κ1) is 33.5. The summed E-state index contributed by atoms with van der Waals surface area (Å²) in [7, 11) is 0. The molecule has 7 aromatic carbocycles. The van der Waals surface area contributed by atoms with Crippen LogP contribution < -0.4 is 4.90 Å². The third-order valence-electron chi connectivity index (χ3n) is 15.4. The topological polar surface area (TPSA) is 3.24 Å².